The van der Waals surface area contributed by atoms with Crippen molar-refractivity contribution < 1.29 is 19.4 Å². The maximum Gasteiger partial charge on any atom is 0.320 e. The number of morpholine rings is 1. The van der Waals surface area contributed by atoms with E-state index in [0.717, 1.165) is 0 Å². The number of amides is 2. The second kappa shape index (κ2) is 5.36. The van der Waals surface area contributed by atoms with Gasteiger partial charge in [-0.15, -0.1) is 0 Å². The molecule has 3 atom stereocenters. The molecule has 2 amide bonds. The molecule has 6 heteroatoms. The van der Waals surface area contributed by atoms with Crippen molar-refractivity contribution in [3.05, 3.63) is 0 Å². The lowest BCUT2D eigenvalue weighted by molar-refractivity contribution is -0.145. The number of hydrogen-bond acceptors (Lipinski definition) is 3. The van der Waals surface area contributed by atoms with E-state index in [2.05, 4.69) is 0 Å². The van der Waals surface area contributed by atoms with Crippen LogP contribution in [0.3, 0.4) is 0 Å². The first-order chi connectivity index (χ1) is 8.88. The quantitative estimate of drug-likeness (QED) is 0.808. The van der Waals surface area contributed by atoms with Gasteiger partial charge in [0.15, 0.2) is 0 Å². The molecule has 0 aromatic heterocycles. The van der Waals surface area contributed by atoms with Crippen LogP contribution in [0.5, 0.6) is 0 Å². The molecule has 1 unspecified atom stereocenters. The zero-order chi connectivity index (χ0) is 14.2. The number of aliphatic carboxylic acids is 1. The molecule has 108 valence electrons. The molecule has 0 radical (unpaired) electrons. The number of urea groups is 1. The van der Waals surface area contributed by atoms with Gasteiger partial charge in [0.25, 0.3) is 0 Å². The average Bonchev–Trinajstić information content (AvgIpc) is 2.25. The number of carboxylic acids is 1. The molecule has 0 bridgehead atoms. The fourth-order valence-electron chi connectivity index (χ4n) is 2.72. The van der Waals surface area contributed by atoms with Gasteiger partial charge in [-0.2, -0.15) is 0 Å². The third kappa shape index (κ3) is 3.00. The average molecular weight is 270 g/mol. The van der Waals surface area contributed by atoms with Crippen molar-refractivity contribution in [3.8, 4) is 0 Å². The van der Waals surface area contributed by atoms with Crippen LogP contribution in [0, 0.1) is 11.8 Å². The number of carbonyl (C=O) groups is 2. The summed E-state index contributed by atoms with van der Waals surface area (Å²) in [6, 6.07) is 0.0100. The van der Waals surface area contributed by atoms with Gasteiger partial charge in [-0.25, -0.2) is 4.79 Å². The highest BCUT2D eigenvalue weighted by atomic mass is 16.5. The minimum atomic E-state index is -0.786. The van der Waals surface area contributed by atoms with E-state index in [1.807, 2.05) is 13.8 Å². The molecule has 0 aliphatic carbocycles. The summed E-state index contributed by atoms with van der Waals surface area (Å²) in [7, 11) is 0. The van der Waals surface area contributed by atoms with Gasteiger partial charge in [0.1, 0.15) is 0 Å². The maximum absolute atomic E-state index is 12.3. The van der Waals surface area contributed by atoms with Crippen LogP contribution in [0.2, 0.25) is 0 Å². The Bertz CT molecular complexity index is 358. The first-order valence-corrected chi connectivity index (χ1v) is 6.80. The van der Waals surface area contributed by atoms with Crippen LogP contribution in [0.25, 0.3) is 0 Å². The fraction of sp³-hybridized carbons (Fsp3) is 0.846. The zero-order valence-electron chi connectivity index (χ0n) is 11.7. The molecule has 0 saturated carbocycles. The monoisotopic (exact) mass is 270 g/mol. The summed E-state index contributed by atoms with van der Waals surface area (Å²) in [5, 5.41) is 8.93. The zero-order valence-corrected chi connectivity index (χ0v) is 11.7. The Labute approximate surface area is 113 Å². The van der Waals surface area contributed by atoms with E-state index in [0.29, 0.717) is 26.2 Å². The molecular formula is C13H22N2O4. The lowest BCUT2D eigenvalue weighted by Crippen LogP contribution is -2.60. The third-order valence-electron chi connectivity index (χ3n) is 3.97. The Hall–Kier alpha value is -1.30. The first-order valence-electron chi connectivity index (χ1n) is 6.80. The highest BCUT2D eigenvalue weighted by Crippen LogP contribution is 2.26. The van der Waals surface area contributed by atoms with Crippen molar-refractivity contribution in [3.63, 3.8) is 0 Å². The van der Waals surface area contributed by atoms with E-state index < -0.39 is 5.97 Å². The molecule has 2 heterocycles. The lowest BCUT2D eigenvalue weighted by atomic mass is 9.87. The highest BCUT2D eigenvalue weighted by molar-refractivity contribution is 5.76. The number of rotatable bonds is 2. The van der Waals surface area contributed by atoms with Gasteiger partial charge in [-0.05, 0) is 13.8 Å². The smallest absolute Gasteiger partial charge is 0.320 e. The van der Waals surface area contributed by atoms with Gasteiger partial charge in [0, 0.05) is 32.1 Å². The minimum Gasteiger partial charge on any atom is -0.481 e. The lowest BCUT2D eigenvalue weighted by Gasteiger charge is -2.45. The third-order valence-corrected chi connectivity index (χ3v) is 3.97. The first kappa shape index (κ1) is 14.1. The number of carboxylic acid groups (broad SMARTS) is 1. The van der Waals surface area contributed by atoms with Crippen LogP contribution in [0.15, 0.2) is 0 Å². The predicted octanol–water partition coefficient (Wildman–Crippen LogP) is 0.868. The molecule has 2 fully saturated rings. The van der Waals surface area contributed by atoms with E-state index in [1.54, 1.807) is 16.7 Å². The molecule has 1 N–H and O–H groups in total. The van der Waals surface area contributed by atoms with Crippen LogP contribution in [-0.2, 0) is 9.53 Å². The topological polar surface area (TPSA) is 70.1 Å². The van der Waals surface area contributed by atoms with Crippen molar-refractivity contribution in [2.45, 2.75) is 33.0 Å². The minimum absolute atomic E-state index is 0.0100. The van der Waals surface area contributed by atoms with Crippen molar-refractivity contribution in [2.24, 2.45) is 11.8 Å². The fourth-order valence-corrected chi connectivity index (χ4v) is 2.72. The van der Waals surface area contributed by atoms with Crippen molar-refractivity contribution >= 4 is 12.0 Å². The Kier molecular flexibility index (Phi) is 3.99. The molecule has 6 nitrogen and oxygen atoms in total. The number of likely N-dealkylation sites (tertiary alicyclic amines) is 1. The Morgan fingerprint density at radius 2 is 1.58 bits per heavy atom. The summed E-state index contributed by atoms with van der Waals surface area (Å²) in [5.41, 5.74) is 0. The molecule has 0 spiro atoms. The molecule has 19 heavy (non-hydrogen) atoms. The molecular weight excluding hydrogens is 248 g/mol. The summed E-state index contributed by atoms with van der Waals surface area (Å²) in [5.74, 6) is -1.09. The van der Waals surface area contributed by atoms with Crippen LogP contribution in [0.1, 0.15) is 20.8 Å². The van der Waals surface area contributed by atoms with Crippen LogP contribution in [0.4, 0.5) is 4.79 Å². The van der Waals surface area contributed by atoms with Gasteiger partial charge < -0.3 is 19.6 Å². The van der Waals surface area contributed by atoms with Crippen molar-refractivity contribution in [1.82, 2.24) is 9.80 Å². The summed E-state index contributed by atoms with van der Waals surface area (Å²) >= 11 is 0. The predicted molar refractivity (Wildman–Crippen MR) is 68.8 cm³/mol. The second-order valence-electron chi connectivity index (χ2n) is 5.74. The van der Waals surface area contributed by atoms with Crippen LogP contribution >= 0.6 is 0 Å². The van der Waals surface area contributed by atoms with Gasteiger partial charge in [0.05, 0.1) is 18.1 Å². The molecule has 2 saturated heterocycles. The Morgan fingerprint density at radius 3 is 2.05 bits per heavy atom. The summed E-state index contributed by atoms with van der Waals surface area (Å²) < 4.78 is 5.60. The number of nitrogens with zero attached hydrogens (tertiary/aromatic N) is 2. The van der Waals surface area contributed by atoms with E-state index >= 15 is 0 Å². The molecule has 0 aromatic rings. The SMILES string of the molecule is CC(C(=O)O)C1CN(C(=O)N2C[C@@H](C)O[C@@H](C)C2)C1. The number of ether oxygens (including phenoxy) is 1. The van der Waals surface area contributed by atoms with Crippen molar-refractivity contribution in [1.29, 1.82) is 0 Å². The Balaban J connectivity index is 1.84. The molecule has 0 aromatic carbocycles. The largest absolute Gasteiger partial charge is 0.481 e. The van der Waals surface area contributed by atoms with E-state index in [-0.39, 0.29) is 30.1 Å². The molecule has 2 rings (SSSR count). The van der Waals surface area contributed by atoms with Gasteiger partial charge in [-0.3, -0.25) is 4.79 Å². The van der Waals surface area contributed by atoms with E-state index in [9.17, 15) is 9.59 Å². The second-order valence-corrected chi connectivity index (χ2v) is 5.74. The van der Waals surface area contributed by atoms with Gasteiger partial charge in [-0.1, -0.05) is 6.92 Å². The normalized spacial score (nSPS) is 29.8. The summed E-state index contributed by atoms with van der Waals surface area (Å²) in [6.07, 6.45) is 0.116. The number of carbonyl (C=O) groups excluding carboxylic acids is 1. The van der Waals surface area contributed by atoms with Gasteiger partial charge >= 0.3 is 12.0 Å². The Morgan fingerprint density at radius 1 is 1.11 bits per heavy atom. The maximum atomic E-state index is 12.3. The van der Waals surface area contributed by atoms with Crippen LogP contribution in [-0.4, -0.2) is 65.3 Å². The summed E-state index contributed by atoms with van der Waals surface area (Å²) in [4.78, 5) is 26.7. The van der Waals surface area contributed by atoms with Crippen LogP contribution < -0.4 is 0 Å². The summed E-state index contributed by atoms with van der Waals surface area (Å²) in [6.45, 7) is 7.94. The van der Waals surface area contributed by atoms with E-state index in [1.165, 1.54) is 0 Å². The highest BCUT2D eigenvalue weighted by Gasteiger charge is 2.39. The standard InChI is InChI=1S/C13H22N2O4/c1-8-4-14(5-9(2)19-8)13(18)15-6-11(7-15)10(3)12(16)17/h8-11H,4-7H2,1-3H3,(H,16,17)/t8-,9+,10?. The van der Waals surface area contributed by atoms with Crippen molar-refractivity contribution in [2.75, 3.05) is 26.2 Å². The van der Waals surface area contributed by atoms with E-state index in [4.69, 9.17) is 9.84 Å². The molecule has 2 aliphatic heterocycles. The number of hydrogen-bond donors (Lipinski definition) is 1. The van der Waals surface area contributed by atoms with Gasteiger partial charge in [0.2, 0.25) is 0 Å². The molecule has 2 aliphatic rings.